The van der Waals surface area contributed by atoms with E-state index in [4.69, 9.17) is 5.73 Å². The van der Waals surface area contributed by atoms with Crippen molar-refractivity contribution in [3.8, 4) is 0 Å². The van der Waals surface area contributed by atoms with Crippen LogP contribution in [0.5, 0.6) is 0 Å². The van der Waals surface area contributed by atoms with Gasteiger partial charge in [0.05, 0.1) is 6.54 Å². The SMILES string of the molecule is CCn1cnnc1CNC(=O)c1sc(NC)nc1N. The van der Waals surface area contributed by atoms with Gasteiger partial charge < -0.3 is 20.9 Å². The molecule has 0 bridgehead atoms. The fraction of sp³-hybridized carbons (Fsp3) is 0.400. The number of aryl methyl sites for hydroxylation is 1. The quantitative estimate of drug-likeness (QED) is 0.727. The van der Waals surface area contributed by atoms with E-state index in [2.05, 4.69) is 25.8 Å². The number of nitrogen functional groups attached to an aromatic ring is 1. The number of carbonyl (C=O) groups excluding carboxylic acids is 1. The molecule has 4 N–H and O–H groups in total. The third kappa shape index (κ3) is 2.81. The number of nitrogens with one attached hydrogen (secondary N) is 2. The van der Waals surface area contributed by atoms with Gasteiger partial charge in [-0.25, -0.2) is 4.98 Å². The molecule has 0 aliphatic heterocycles. The Bertz CT molecular complexity index is 576. The van der Waals surface area contributed by atoms with Crippen LogP contribution in [0.4, 0.5) is 10.9 Å². The van der Waals surface area contributed by atoms with Gasteiger partial charge in [0.25, 0.3) is 5.91 Å². The number of thiazole rings is 1. The minimum Gasteiger partial charge on any atom is -0.382 e. The third-order valence-electron chi connectivity index (χ3n) is 2.52. The highest BCUT2D eigenvalue weighted by atomic mass is 32.1. The molecule has 9 heteroatoms. The Kier molecular flexibility index (Phi) is 3.95. The normalized spacial score (nSPS) is 10.4. The molecule has 0 unspecified atom stereocenters. The fourth-order valence-electron chi connectivity index (χ4n) is 1.52. The third-order valence-corrected chi connectivity index (χ3v) is 3.60. The van der Waals surface area contributed by atoms with Crippen LogP contribution in [0.25, 0.3) is 0 Å². The zero-order valence-corrected chi connectivity index (χ0v) is 11.5. The summed E-state index contributed by atoms with van der Waals surface area (Å²) in [6.45, 7) is 3.04. The summed E-state index contributed by atoms with van der Waals surface area (Å²) in [6.07, 6.45) is 1.63. The first-order valence-corrected chi connectivity index (χ1v) is 6.56. The molecular weight excluding hydrogens is 266 g/mol. The van der Waals surface area contributed by atoms with Gasteiger partial charge in [-0.3, -0.25) is 4.79 Å². The second-order valence-electron chi connectivity index (χ2n) is 3.70. The smallest absolute Gasteiger partial charge is 0.265 e. The van der Waals surface area contributed by atoms with Crippen molar-refractivity contribution in [1.29, 1.82) is 0 Å². The summed E-state index contributed by atoms with van der Waals surface area (Å²) in [5, 5.41) is 14.0. The van der Waals surface area contributed by atoms with E-state index in [1.54, 1.807) is 13.4 Å². The van der Waals surface area contributed by atoms with Crippen LogP contribution in [0, 0.1) is 0 Å². The van der Waals surface area contributed by atoms with Crippen LogP contribution in [0.1, 0.15) is 22.4 Å². The molecule has 2 aromatic heterocycles. The molecular formula is C10H15N7OS. The monoisotopic (exact) mass is 281 g/mol. The van der Waals surface area contributed by atoms with Gasteiger partial charge >= 0.3 is 0 Å². The highest BCUT2D eigenvalue weighted by Crippen LogP contribution is 2.24. The fourth-order valence-corrected chi connectivity index (χ4v) is 2.28. The average molecular weight is 281 g/mol. The minimum absolute atomic E-state index is 0.226. The summed E-state index contributed by atoms with van der Waals surface area (Å²) in [7, 11) is 1.73. The topological polar surface area (TPSA) is 111 Å². The molecule has 0 fully saturated rings. The molecule has 102 valence electrons. The molecule has 0 radical (unpaired) electrons. The maximum atomic E-state index is 12.0. The van der Waals surface area contributed by atoms with Crippen LogP contribution in [-0.4, -0.2) is 32.7 Å². The number of nitrogens with two attached hydrogens (primary N) is 1. The average Bonchev–Trinajstić information content (AvgIpc) is 3.01. The van der Waals surface area contributed by atoms with Gasteiger partial charge in [-0.2, -0.15) is 0 Å². The molecule has 19 heavy (non-hydrogen) atoms. The predicted octanol–water partition coefficient (Wildman–Crippen LogP) is 0.308. The number of aromatic nitrogens is 4. The van der Waals surface area contributed by atoms with Crippen LogP contribution < -0.4 is 16.4 Å². The van der Waals surface area contributed by atoms with Gasteiger partial charge in [0.1, 0.15) is 17.0 Å². The van der Waals surface area contributed by atoms with Gasteiger partial charge in [-0.1, -0.05) is 11.3 Å². The number of rotatable bonds is 5. The van der Waals surface area contributed by atoms with Gasteiger partial charge in [-0.15, -0.1) is 10.2 Å². The van der Waals surface area contributed by atoms with Gasteiger partial charge in [0.2, 0.25) is 0 Å². The molecule has 2 aromatic rings. The molecule has 0 saturated heterocycles. The predicted molar refractivity (Wildman–Crippen MR) is 72.9 cm³/mol. The summed E-state index contributed by atoms with van der Waals surface area (Å²) in [6, 6.07) is 0. The summed E-state index contributed by atoms with van der Waals surface area (Å²) >= 11 is 1.21. The molecule has 0 saturated carbocycles. The summed E-state index contributed by atoms with van der Waals surface area (Å²) in [4.78, 5) is 16.4. The van der Waals surface area contributed by atoms with Crippen LogP contribution in [-0.2, 0) is 13.1 Å². The standard InChI is InChI=1S/C10H15N7OS/c1-3-17-5-14-16-6(17)4-13-9(18)7-8(11)15-10(12-2)19-7/h5H,3-4,11H2,1-2H3,(H,12,15)(H,13,18). The summed E-state index contributed by atoms with van der Waals surface area (Å²) < 4.78 is 1.86. The second-order valence-corrected chi connectivity index (χ2v) is 4.70. The summed E-state index contributed by atoms with van der Waals surface area (Å²) in [5.41, 5.74) is 5.69. The number of anilines is 2. The Labute approximate surface area is 114 Å². The van der Waals surface area contributed by atoms with Crippen molar-refractivity contribution in [3.05, 3.63) is 17.0 Å². The molecule has 0 aromatic carbocycles. The largest absolute Gasteiger partial charge is 0.382 e. The van der Waals surface area contributed by atoms with E-state index in [1.807, 2.05) is 11.5 Å². The lowest BCUT2D eigenvalue weighted by atomic mass is 10.4. The molecule has 8 nitrogen and oxygen atoms in total. The first-order valence-electron chi connectivity index (χ1n) is 5.74. The van der Waals surface area contributed by atoms with E-state index in [0.717, 1.165) is 6.54 Å². The van der Waals surface area contributed by atoms with E-state index in [9.17, 15) is 4.79 Å². The van der Waals surface area contributed by atoms with Crippen LogP contribution in [0.3, 0.4) is 0 Å². The zero-order valence-electron chi connectivity index (χ0n) is 10.7. The van der Waals surface area contributed by atoms with Crippen molar-refractivity contribution in [2.45, 2.75) is 20.0 Å². The molecule has 0 spiro atoms. The highest BCUT2D eigenvalue weighted by Gasteiger charge is 2.16. The zero-order chi connectivity index (χ0) is 13.8. The van der Waals surface area contributed by atoms with Gasteiger partial charge in [-0.05, 0) is 6.92 Å². The van der Waals surface area contributed by atoms with E-state index >= 15 is 0 Å². The van der Waals surface area contributed by atoms with Crippen molar-refractivity contribution in [1.82, 2.24) is 25.1 Å². The number of amides is 1. The van der Waals surface area contributed by atoms with E-state index in [1.165, 1.54) is 11.3 Å². The molecule has 0 atom stereocenters. The first-order chi connectivity index (χ1) is 9.15. The lowest BCUT2D eigenvalue weighted by Crippen LogP contribution is -2.24. The number of hydrogen-bond acceptors (Lipinski definition) is 7. The van der Waals surface area contributed by atoms with Crippen LogP contribution in [0.15, 0.2) is 6.33 Å². The van der Waals surface area contributed by atoms with Crippen molar-refractivity contribution < 1.29 is 4.79 Å². The van der Waals surface area contributed by atoms with Gasteiger partial charge in [0, 0.05) is 13.6 Å². The summed E-state index contributed by atoms with van der Waals surface area (Å²) in [5.74, 6) is 0.665. The Morgan fingerprint density at radius 1 is 1.58 bits per heavy atom. The van der Waals surface area contributed by atoms with Crippen molar-refractivity contribution >= 4 is 28.2 Å². The maximum absolute atomic E-state index is 12.0. The Hall–Kier alpha value is -2.16. The lowest BCUT2D eigenvalue weighted by molar-refractivity contribution is 0.0954. The molecule has 1 amide bonds. The van der Waals surface area contributed by atoms with Crippen molar-refractivity contribution in [2.75, 3.05) is 18.1 Å². The Morgan fingerprint density at radius 3 is 3.00 bits per heavy atom. The molecule has 2 heterocycles. The number of hydrogen-bond donors (Lipinski definition) is 3. The number of nitrogens with zero attached hydrogens (tertiary/aromatic N) is 4. The van der Waals surface area contributed by atoms with Crippen molar-refractivity contribution in [3.63, 3.8) is 0 Å². The van der Waals surface area contributed by atoms with Crippen molar-refractivity contribution in [2.24, 2.45) is 0 Å². The van der Waals surface area contributed by atoms with Gasteiger partial charge in [0.15, 0.2) is 11.0 Å². The van der Waals surface area contributed by atoms with E-state index in [0.29, 0.717) is 22.4 Å². The van der Waals surface area contributed by atoms with E-state index in [-0.39, 0.29) is 11.7 Å². The van der Waals surface area contributed by atoms with E-state index < -0.39 is 0 Å². The number of carbonyl (C=O) groups is 1. The molecule has 0 aliphatic carbocycles. The van der Waals surface area contributed by atoms with Crippen LogP contribution in [0.2, 0.25) is 0 Å². The van der Waals surface area contributed by atoms with Crippen LogP contribution >= 0.6 is 11.3 Å². The Morgan fingerprint density at radius 2 is 2.37 bits per heavy atom. The first kappa shape index (κ1) is 13.3. The lowest BCUT2D eigenvalue weighted by Gasteiger charge is -2.04. The Balaban J connectivity index is 2.03. The minimum atomic E-state index is -0.262. The maximum Gasteiger partial charge on any atom is 0.265 e. The second kappa shape index (κ2) is 5.65. The molecule has 0 aliphatic rings. The highest BCUT2D eigenvalue weighted by molar-refractivity contribution is 7.18. The molecule has 2 rings (SSSR count).